The highest BCUT2D eigenvalue weighted by atomic mass is 16.4. The minimum atomic E-state index is -0.675. The Morgan fingerprint density at radius 3 is 2.55 bits per heavy atom. The fraction of sp³-hybridized carbons (Fsp3) is 0.867. The largest absolute Gasteiger partial charge is 0.481 e. The molecule has 5 heteroatoms. The third kappa shape index (κ3) is 2.43. The molecule has 1 aliphatic carbocycles. The summed E-state index contributed by atoms with van der Waals surface area (Å²) in [7, 11) is 0. The molecule has 1 saturated carbocycles. The van der Waals surface area contributed by atoms with Gasteiger partial charge in [0.25, 0.3) is 0 Å². The zero-order valence-corrected chi connectivity index (χ0v) is 12.2. The molecule has 5 nitrogen and oxygen atoms in total. The Hall–Kier alpha value is -1.10. The average molecular weight is 280 g/mol. The highest BCUT2D eigenvalue weighted by Gasteiger charge is 2.62. The zero-order valence-electron chi connectivity index (χ0n) is 12.2. The predicted molar refractivity (Wildman–Crippen MR) is 74.2 cm³/mol. The number of carboxylic acid groups (broad SMARTS) is 1. The number of nitrogens with zero attached hydrogens (tertiary/aromatic N) is 2. The molecule has 2 saturated heterocycles. The lowest BCUT2D eigenvalue weighted by Gasteiger charge is -2.34. The van der Waals surface area contributed by atoms with E-state index in [1.165, 1.54) is 0 Å². The number of aliphatic carboxylic acids is 1. The number of rotatable bonds is 3. The molecule has 2 heterocycles. The van der Waals surface area contributed by atoms with E-state index >= 15 is 0 Å². The smallest absolute Gasteiger partial charge is 0.311 e. The highest BCUT2D eigenvalue weighted by molar-refractivity contribution is 5.80. The monoisotopic (exact) mass is 280 g/mol. The number of carboxylic acids is 1. The second-order valence-electron chi connectivity index (χ2n) is 6.92. The van der Waals surface area contributed by atoms with E-state index in [2.05, 4.69) is 11.8 Å². The van der Waals surface area contributed by atoms with Crippen molar-refractivity contribution in [2.45, 2.75) is 32.6 Å². The molecule has 0 spiro atoms. The van der Waals surface area contributed by atoms with E-state index in [4.69, 9.17) is 0 Å². The van der Waals surface area contributed by atoms with E-state index < -0.39 is 11.4 Å². The molecular weight excluding hydrogens is 256 g/mol. The van der Waals surface area contributed by atoms with Crippen LogP contribution < -0.4 is 0 Å². The van der Waals surface area contributed by atoms with Crippen molar-refractivity contribution in [3.8, 4) is 0 Å². The van der Waals surface area contributed by atoms with Crippen molar-refractivity contribution in [3.63, 3.8) is 0 Å². The maximum atomic E-state index is 12.3. The summed E-state index contributed by atoms with van der Waals surface area (Å²) in [4.78, 5) is 27.7. The first-order valence-electron chi connectivity index (χ1n) is 7.75. The number of carbonyl (C=O) groups is 2. The molecule has 0 bridgehead atoms. The molecule has 0 aromatic heterocycles. The van der Waals surface area contributed by atoms with E-state index in [0.717, 1.165) is 51.2 Å². The maximum absolute atomic E-state index is 12.3. The lowest BCUT2D eigenvalue weighted by molar-refractivity contribution is -0.147. The SMILES string of the molecule is CC1CCN(C(=O)CN2CCC3CC3(C(=O)O)C2)CC1. The minimum absolute atomic E-state index is 0.177. The van der Waals surface area contributed by atoms with Crippen LogP contribution in [0, 0.1) is 17.3 Å². The van der Waals surface area contributed by atoms with Crippen LogP contribution in [0.3, 0.4) is 0 Å². The molecule has 2 atom stereocenters. The van der Waals surface area contributed by atoms with Crippen molar-refractivity contribution in [3.05, 3.63) is 0 Å². The van der Waals surface area contributed by atoms with Gasteiger partial charge in [-0.15, -0.1) is 0 Å². The van der Waals surface area contributed by atoms with Crippen molar-refractivity contribution in [1.82, 2.24) is 9.80 Å². The summed E-state index contributed by atoms with van der Waals surface area (Å²) in [6.45, 7) is 5.78. The van der Waals surface area contributed by atoms with Gasteiger partial charge in [-0.1, -0.05) is 6.92 Å². The Labute approximate surface area is 119 Å². The first-order valence-corrected chi connectivity index (χ1v) is 7.75. The zero-order chi connectivity index (χ0) is 14.3. The Kier molecular flexibility index (Phi) is 3.48. The molecule has 0 aromatic carbocycles. The molecule has 20 heavy (non-hydrogen) atoms. The Morgan fingerprint density at radius 2 is 1.90 bits per heavy atom. The van der Waals surface area contributed by atoms with Crippen molar-refractivity contribution in [1.29, 1.82) is 0 Å². The first-order chi connectivity index (χ1) is 9.51. The molecular formula is C15H24N2O3. The van der Waals surface area contributed by atoms with E-state index in [1.54, 1.807) is 0 Å². The number of hydrogen-bond donors (Lipinski definition) is 1. The lowest BCUT2D eigenvalue weighted by Crippen LogP contribution is -2.48. The molecule has 3 fully saturated rings. The van der Waals surface area contributed by atoms with Crippen LogP contribution >= 0.6 is 0 Å². The summed E-state index contributed by atoms with van der Waals surface area (Å²) in [6, 6.07) is 0. The van der Waals surface area contributed by atoms with E-state index in [-0.39, 0.29) is 5.91 Å². The summed E-state index contributed by atoms with van der Waals surface area (Å²) in [6.07, 6.45) is 3.91. The van der Waals surface area contributed by atoms with Crippen molar-refractivity contribution in [2.24, 2.45) is 17.3 Å². The average Bonchev–Trinajstić information content (AvgIpc) is 3.14. The molecule has 3 rings (SSSR count). The van der Waals surface area contributed by atoms with Gasteiger partial charge in [0.2, 0.25) is 5.91 Å². The van der Waals surface area contributed by atoms with Gasteiger partial charge in [-0.2, -0.15) is 0 Å². The minimum Gasteiger partial charge on any atom is -0.481 e. The van der Waals surface area contributed by atoms with Gasteiger partial charge in [0.05, 0.1) is 12.0 Å². The van der Waals surface area contributed by atoms with Gasteiger partial charge in [-0.25, -0.2) is 0 Å². The molecule has 2 unspecified atom stereocenters. The molecule has 112 valence electrons. The van der Waals surface area contributed by atoms with Gasteiger partial charge in [-0.3, -0.25) is 14.5 Å². The summed E-state index contributed by atoms with van der Waals surface area (Å²) in [5.74, 6) is 0.571. The fourth-order valence-electron chi connectivity index (χ4n) is 3.78. The number of fused-ring (bicyclic) bond motifs is 1. The second kappa shape index (κ2) is 5.02. The number of hydrogen-bond acceptors (Lipinski definition) is 3. The fourth-order valence-corrected chi connectivity index (χ4v) is 3.78. The van der Waals surface area contributed by atoms with E-state index in [1.807, 2.05) is 4.90 Å². The Balaban J connectivity index is 1.53. The van der Waals surface area contributed by atoms with Crippen LogP contribution in [0.4, 0.5) is 0 Å². The van der Waals surface area contributed by atoms with Gasteiger partial charge in [0, 0.05) is 19.6 Å². The van der Waals surface area contributed by atoms with Crippen LogP contribution in [0.25, 0.3) is 0 Å². The van der Waals surface area contributed by atoms with Crippen molar-refractivity contribution < 1.29 is 14.7 Å². The molecule has 1 N–H and O–H groups in total. The number of carbonyl (C=O) groups excluding carboxylic acids is 1. The number of likely N-dealkylation sites (tertiary alicyclic amines) is 2. The molecule has 2 aliphatic heterocycles. The molecule has 0 aromatic rings. The Bertz CT molecular complexity index is 417. The Morgan fingerprint density at radius 1 is 1.20 bits per heavy atom. The van der Waals surface area contributed by atoms with Crippen LogP contribution in [-0.4, -0.2) is 59.5 Å². The highest BCUT2D eigenvalue weighted by Crippen LogP contribution is 2.57. The molecule has 3 aliphatic rings. The standard InChI is InChI=1S/C15H24N2O3/c1-11-2-6-17(7-3-11)13(18)9-16-5-4-12-8-15(12,10-16)14(19)20/h11-12H,2-10H2,1H3,(H,19,20). The summed E-state index contributed by atoms with van der Waals surface area (Å²) >= 11 is 0. The third-order valence-corrected chi connectivity index (χ3v) is 5.45. The third-order valence-electron chi connectivity index (χ3n) is 5.45. The summed E-state index contributed by atoms with van der Waals surface area (Å²) in [5, 5.41) is 9.35. The number of amides is 1. The van der Waals surface area contributed by atoms with Gasteiger partial charge < -0.3 is 10.0 Å². The van der Waals surface area contributed by atoms with Gasteiger partial charge >= 0.3 is 5.97 Å². The lowest BCUT2D eigenvalue weighted by atomic mass is 9.97. The van der Waals surface area contributed by atoms with E-state index in [0.29, 0.717) is 19.0 Å². The number of piperidine rings is 2. The van der Waals surface area contributed by atoms with E-state index in [9.17, 15) is 14.7 Å². The van der Waals surface area contributed by atoms with Crippen molar-refractivity contribution >= 4 is 11.9 Å². The van der Waals surface area contributed by atoms with Crippen LogP contribution in [0.5, 0.6) is 0 Å². The summed E-state index contributed by atoms with van der Waals surface area (Å²) in [5.41, 5.74) is -0.533. The molecule has 0 radical (unpaired) electrons. The first kappa shape index (κ1) is 13.9. The maximum Gasteiger partial charge on any atom is 0.311 e. The summed E-state index contributed by atoms with van der Waals surface area (Å²) < 4.78 is 0. The van der Waals surface area contributed by atoms with Crippen LogP contribution in [0.15, 0.2) is 0 Å². The second-order valence-corrected chi connectivity index (χ2v) is 6.92. The van der Waals surface area contributed by atoms with Crippen molar-refractivity contribution in [2.75, 3.05) is 32.7 Å². The normalized spacial score (nSPS) is 34.6. The quantitative estimate of drug-likeness (QED) is 0.839. The van der Waals surface area contributed by atoms with Gasteiger partial charge in [-0.05, 0) is 44.1 Å². The van der Waals surface area contributed by atoms with Gasteiger partial charge in [0.1, 0.15) is 0 Å². The topological polar surface area (TPSA) is 60.9 Å². The van der Waals surface area contributed by atoms with Crippen LogP contribution in [-0.2, 0) is 9.59 Å². The van der Waals surface area contributed by atoms with Crippen LogP contribution in [0.2, 0.25) is 0 Å². The molecule has 1 amide bonds. The van der Waals surface area contributed by atoms with Crippen LogP contribution in [0.1, 0.15) is 32.6 Å². The van der Waals surface area contributed by atoms with Gasteiger partial charge in [0.15, 0.2) is 0 Å². The predicted octanol–water partition coefficient (Wildman–Crippen LogP) is 1.04.